The Morgan fingerprint density at radius 3 is 2.63 bits per heavy atom. The van der Waals surface area contributed by atoms with Crippen LogP contribution in [0.1, 0.15) is 27.4 Å². The van der Waals surface area contributed by atoms with Crippen molar-refractivity contribution in [2.45, 2.75) is 13.3 Å². The maximum Gasteiger partial charge on any atom is 0.292 e. The zero-order chi connectivity index (χ0) is 20.5. The molecule has 0 atom stereocenters. The fourth-order valence-corrected chi connectivity index (χ4v) is 3.90. The van der Waals surface area contributed by atoms with Crippen molar-refractivity contribution in [3.8, 4) is 0 Å². The molecule has 152 valence electrons. The second kappa shape index (κ2) is 7.58. The average Bonchev–Trinajstić information content (AvgIpc) is 3.47. The number of amides is 1. The van der Waals surface area contributed by atoms with Crippen molar-refractivity contribution >= 4 is 17.5 Å². The minimum Gasteiger partial charge on any atom is -0.353 e. The molecule has 1 amide bonds. The highest BCUT2D eigenvalue weighted by atomic mass is 16.5. The molecule has 0 saturated carbocycles. The van der Waals surface area contributed by atoms with Gasteiger partial charge in [-0.3, -0.25) is 4.79 Å². The van der Waals surface area contributed by atoms with E-state index in [2.05, 4.69) is 37.3 Å². The van der Waals surface area contributed by atoms with Gasteiger partial charge in [0.2, 0.25) is 5.76 Å². The van der Waals surface area contributed by atoms with Gasteiger partial charge in [-0.25, -0.2) is 4.98 Å². The Morgan fingerprint density at radius 1 is 1.10 bits per heavy atom. The fourth-order valence-electron chi connectivity index (χ4n) is 3.90. The van der Waals surface area contributed by atoms with Crippen LogP contribution in [0.3, 0.4) is 0 Å². The van der Waals surface area contributed by atoms with E-state index < -0.39 is 0 Å². The predicted octanol–water partition coefficient (Wildman–Crippen LogP) is 1.97. The number of nitrogens with zero attached hydrogens (tertiary/aromatic N) is 7. The second-order valence-electron chi connectivity index (χ2n) is 7.29. The Kier molecular flexibility index (Phi) is 4.62. The smallest absolute Gasteiger partial charge is 0.292 e. The third-order valence-corrected chi connectivity index (χ3v) is 5.44. The molecule has 5 rings (SSSR count). The largest absolute Gasteiger partial charge is 0.353 e. The number of rotatable bonds is 4. The van der Waals surface area contributed by atoms with E-state index in [1.165, 1.54) is 18.1 Å². The van der Waals surface area contributed by atoms with Crippen molar-refractivity contribution in [1.82, 2.24) is 29.6 Å². The van der Waals surface area contributed by atoms with Crippen LogP contribution < -0.4 is 4.90 Å². The Bertz CT molecular complexity index is 1160. The van der Waals surface area contributed by atoms with Crippen LogP contribution in [0, 0.1) is 6.92 Å². The summed E-state index contributed by atoms with van der Waals surface area (Å²) in [4.78, 5) is 25.6. The van der Waals surface area contributed by atoms with Crippen LogP contribution in [0.2, 0.25) is 0 Å². The lowest BCUT2D eigenvalue weighted by molar-refractivity contribution is 0.0704. The minimum atomic E-state index is -0.131. The molecule has 1 saturated heterocycles. The first-order valence-corrected chi connectivity index (χ1v) is 9.89. The predicted molar refractivity (Wildman–Crippen MR) is 109 cm³/mol. The van der Waals surface area contributed by atoms with E-state index in [1.54, 1.807) is 15.5 Å². The summed E-state index contributed by atoms with van der Waals surface area (Å²) < 4.78 is 6.83. The number of anilines is 1. The lowest BCUT2D eigenvalue weighted by Gasteiger charge is -2.36. The number of carbonyl (C=O) groups excluding carboxylic acids is 1. The molecule has 1 aliphatic heterocycles. The van der Waals surface area contributed by atoms with E-state index in [0.29, 0.717) is 32.0 Å². The van der Waals surface area contributed by atoms with Crippen molar-refractivity contribution < 1.29 is 9.32 Å². The summed E-state index contributed by atoms with van der Waals surface area (Å²) in [5.41, 5.74) is 3.27. The number of hydrogen-bond acceptors (Lipinski definition) is 7. The fraction of sp³-hybridized carbons (Fsp3) is 0.286. The van der Waals surface area contributed by atoms with Gasteiger partial charge in [-0.1, -0.05) is 35.5 Å². The first-order valence-electron chi connectivity index (χ1n) is 9.89. The SMILES string of the molecule is Cc1nc2ncnn2c(N2CCN(C(=O)c3ccno3)CC2)c1Cc1ccccc1. The second-order valence-corrected chi connectivity index (χ2v) is 7.29. The quantitative estimate of drug-likeness (QED) is 0.514. The molecule has 1 aliphatic rings. The number of hydrogen-bond donors (Lipinski definition) is 0. The van der Waals surface area contributed by atoms with E-state index in [4.69, 9.17) is 4.52 Å². The highest BCUT2D eigenvalue weighted by molar-refractivity contribution is 5.91. The van der Waals surface area contributed by atoms with Crippen LogP contribution in [0.5, 0.6) is 0 Å². The molecule has 9 nitrogen and oxygen atoms in total. The maximum atomic E-state index is 12.6. The summed E-state index contributed by atoms with van der Waals surface area (Å²) in [6.45, 7) is 4.55. The van der Waals surface area contributed by atoms with Crippen LogP contribution in [0.4, 0.5) is 5.82 Å². The highest BCUT2D eigenvalue weighted by Gasteiger charge is 2.28. The molecule has 1 fully saturated rings. The van der Waals surface area contributed by atoms with Crippen LogP contribution in [0.15, 0.2) is 53.4 Å². The highest BCUT2D eigenvalue weighted by Crippen LogP contribution is 2.27. The summed E-state index contributed by atoms with van der Waals surface area (Å²) in [5, 5.41) is 8.06. The lowest BCUT2D eigenvalue weighted by Crippen LogP contribution is -2.49. The van der Waals surface area contributed by atoms with Gasteiger partial charge in [0, 0.05) is 49.9 Å². The maximum absolute atomic E-state index is 12.6. The van der Waals surface area contributed by atoms with Gasteiger partial charge in [-0.2, -0.15) is 14.6 Å². The van der Waals surface area contributed by atoms with Crippen molar-refractivity contribution in [1.29, 1.82) is 0 Å². The number of aryl methyl sites for hydroxylation is 1. The number of fused-ring (bicyclic) bond motifs is 1. The number of piperazine rings is 1. The molecule has 3 aromatic heterocycles. The lowest BCUT2D eigenvalue weighted by atomic mass is 10.0. The number of aromatic nitrogens is 5. The standard InChI is InChI=1S/C21H21N7O2/c1-15-17(13-16-5-3-2-4-6-16)19(28-21(25-15)22-14-23-28)26-9-11-27(12-10-26)20(29)18-7-8-24-30-18/h2-8,14H,9-13H2,1H3. The molecule has 30 heavy (non-hydrogen) atoms. The van der Waals surface area contributed by atoms with Crippen LogP contribution in [0.25, 0.3) is 5.78 Å². The molecule has 0 radical (unpaired) electrons. The van der Waals surface area contributed by atoms with Crippen molar-refractivity contribution in [3.63, 3.8) is 0 Å². The number of carbonyl (C=O) groups is 1. The average molecular weight is 403 g/mol. The summed E-state index contributed by atoms with van der Waals surface area (Å²) in [6.07, 6.45) is 3.77. The van der Waals surface area contributed by atoms with Crippen molar-refractivity contribution in [2.75, 3.05) is 31.1 Å². The topological polar surface area (TPSA) is 92.7 Å². The number of benzene rings is 1. The van der Waals surface area contributed by atoms with E-state index in [1.807, 2.05) is 25.1 Å². The molecule has 1 aromatic carbocycles. The van der Waals surface area contributed by atoms with Gasteiger partial charge in [0.25, 0.3) is 11.7 Å². The summed E-state index contributed by atoms with van der Waals surface area (Å²) >= 11 is 0. The van der Waals surface area contributed by atoms with Crippen LogP contribution >= 0.6 is 0 Å². The van der Waals surface area contributed by atoms with Gasteiger partial charge in [0.1, 0.15) is 12.1 Å². The summed E-state index contributed by atoms with van der Waals surface area (Å²) in [5.74, 6) is 1.71. The monoisotopic (exact) mass is 403 g/mol. The van der Waals surface area contributed by atoms with Crippen LogP contribution in [-0.2, 0) is 6.42 Å². The van der Waals surface area contributed by atoms with Gasteiger partial charge in [-0.15, -0.1) is 0 Å². The summed E-state index contributed by atoms with van der Waals surface area (Å²) in [7, 11) is 0. The first kappa shape index (κ1) is 18.3. The Balaban J connectivity index is 1.46. The van der Waals surface area contributed by atoms with E-state index in [-0.39, 0.29) is 11.7 Å². The Hall–Kier alpha value is -3.75. The summed E-state index contributed by atoms with van der Waals surface area (Å²) in [6, 6.07) is 11.9. The molecular weight excluding hydrogens is 382 g/mol. The van der Waals surface area contributed by atoms with Gasteiger partial charge in [0.15, 0.2) is 0 Å². The Labute approximate surface area is 172 Å². The molecule has 0 aliphatic carbocycles. The third-order valence-electron chi connectivity index (χ3n) is 5.44. The van der Waals surface area contributed by atoms with Gasteiger partial charge >= 0.3 is 0 Å². The van der Waals surface area contributed by atoms with E-state index in [9.17, 15) is 4.79 Å². The molecule has 0 spiro atoms. The molecule has 4 heterocycles. The molecule has 0 N–H and O–H groups in total. The van der Waals surface area contributed by atoms with Gasteiger partial charge in [0.05, 0.1) is 6.20 Å². The Morgan fingerprint density at radius 2 is 1.90 bits per heavy atom. The molecule has 0 bridgehead atoms. The zero-order valence-electron chi connectivity index (χ0n) is 16.6. The normalized spacial score (nSPS) is 14.4. The molecular formula is C21H21N7O2. The first-order chi connectivity index (χ1) is 14.7. The van der Waals surface area contributed by atoms with E-state index >= 15 is 0 Å². The molecule has 0 unspecified atom stereocenters. The van der Waals surface area contributed by atoms with Crippen molar-refractivity contribution in [3.05, 3.63) is 71.5 Å². The van der Waals surface area contributed by atoms with E-state index in [0.717, 1.165) is 23.5 Å². The molecule has 4 aromatic rings. The van der Waals surface area contributed by atoms with Crippen molar-refractivity contribution in [2.24, 2.45) is 0 Å². The van der Waals surface area contributed by atoms with Crippen LogP contribution in [-0.4, -0.2) is 61.7 Å². The molecule has 9 heteroatoms. The van der Waals surface area contributed by atoms with Gasteiger partial charge in [-0.05, 0) is 12.5 Å². The zero-order valence-corrected chi connectivity index (χ0v) is 16.6. The minimum absolute atomic E-state index is 0.131. The van der Waals surface area contributed by atoms with Gasteiger partial charge < -0.3 is 14.3 Å². The third kappa shape index (κ3) is 3.28.